The van der Waals surface area contributed by atoms with Crippen LogP contribution in [0.25, 0.3) is 6.08 Å². The van der Waals surface area contributed by atoms with E-state index in [2.05, 4.69) is 4.98 Å². The van der Waals surface area contributed by atoms with E-state index in [-0.39, 0.29) is 4.90 Å². The van der Waals surface area contributed by atoms with E-state index in [0.717, 1.165) is 11.1 Å². The van der Waals surface area contributed by atoms with Gasteiger partial charge in [-0.2, -0.15) is 8.42 Å². The van der Waals surface area contributed by atoms with E-state index in [1.165, 1.54) is 0 Å². The largest absolute Gasteiger partial charge is 0.495 e. The maximum atomic E-state index is 12.2. The van der Waals surface area contributed by atoms with Crippen LogP contribution < -0.4 is 4.74 Å². The monoisotopic (exact) mass is 347 g/mol. The highest BCUT2D eigenvalue weighted by molar-refractivity contribution is 7.86. The summed E-state index contributed by atoms with van der Waals surface area (Å²) in [6, 6.07) is 8.44. The number of hydrogen-bond donors (Lipinski definition) is 0. The van der Waals surface area contributed by atoms with Gasteiger partial charge >= 0.3 is 0 Å². The van der Waals surface area contributed by atoms with Gasteiger partial charge < -0.3 is 4.74 Å². The van der Waals surface area contributed by atoms with Crippen LogP contribution in [0.4, 0.5) is 0 Å². The van der Waals surface area contributed by atoms with Gasteiger partial charge in [-0.1, -0.05) is 29.8 Å². The van der Waals surface area contributed by atoms with Gasteiger partial charge in [0.25, 0.3) is 10.1 Å². The molecule has 24 heavy (non-hydrogen) atoms. The fraction of sp³-hybridized carbons (Fsp3) is 0.278. The maximum absolute atomic E-state index is 12.2. The van der Waals surface area contributed by atoms with E-state index in [1.807, 2.05) is 25.1 Å². The zero-order chi connectivity index (χ0) is 17.6. The lowest BCUT2D eigenvalue weighted by Crippen LogP contribution is -2.15. The number of aromatic nitrogens is 1. The van der Waals surface area contributed by atoms with Gasteiger partial charge in [-0.25, -0.2) is 0 Å². The summed E-state index contributed by atoms with van der Waals surface area (Å²) in [6.45, 7) is 3.62. The molecule has 0 fully saturated rings. The average Bonchev–Trinajstić information content (AvgIpc) is 2.55. The first-order valence-corrected chi connectivity index (χ1v) is 8.97. The normalized spacial score (nSPS) is 13.1. The molecule has 1 aromatic carbocycles. The van der Waals surface area contributed by atoms with Crippen LogP contribution in [0, 0.1) is 6.92 Å². The smallest absolute Gasteiger partial charge is 0.297 e. The van der Waals surface area contributed by atoms with Crippen molar-refractivity contribution >= 4 is 16.2 Å². The molecule has 1 atom stereocenters. The summed E-state index contributed by atoms with van der Waals surface area (Å²) in [5, 5.41) is 0. The second-order valence-electron chi connectivity index (χ2n) is 5.47. The molecule has 128 valence electrons. The molecule has 0 saturated heterocycles. The number of pyridine rings is 1. The van der Waals surface area contributed by atoms with E-state index in [9.17, 15) is 8.42 Å². The summed E-state index contributed by atoms with van der Waals surface area (Å²) in [6.07, 6.45) is 7.03. The van der Waals surface area contributed by atoms with Crippen molar-refractivity contribution in [3.05, 3.63) is 59.9 Å². The number of aryl methyl sites for hydroxylation is 1. The number of rotatable bonds is 7. The SMILES string of the molecule is COc1cncc(/C=C/CC(C)OS(=O)(=O)c2ccc(C)cc2)c1. The van der Waals surface area contributed by atoms with Crippen LogP contribution in [0.5, 0.6) is 5.75 Å². The molecule has 1 unspecified atom stereocenters. The van der Waals surface area contributed by atoms with Crippen LogP contribution in [0.2, 0.25) is 0 Å². The second-order valence-corrected chi connectivity index (χ2v) is 7.04. The minimum atomic E-state index is -3.75. The zero-order valence-electron chi connectivity index (χ0n) is 14.0. The molecule has 1 aromatic heterocycles. The highest BCUT2D eigenvalue weighted by Crippen LogP contribution is 2.17. The maximum Gasteiger partial charge on any atom is 0.297 e. The Morgan fingerprint density at radius 3 is 2.58 bits per heavy atom. The lowest BCUT2D eigenvalue weighted by Gasteiger charge is -2.11. The highest BCUT2D eigenvalue weighted by atomic mass is 32.2. The molecule has 6 heteroatoms. The second kappa shape index (κ2) is 8.08. The van der Waals surface area contributed by atoms with Crippen molar-refractivity contribution in [1.29, 1.82) is 0 Å². The first-order valence-electron chi connectivity index (χ1n) is 7.56. The molecular formula is C18H21NO4S. The molecule has 0 N–H and O–H groups in total. The van der Waals surface area contributed by atoms with Gasteiger partial charge in [0, 0.05) is 6.20 Å². The highest BCUT2D eigenvalue weighted by Gasteiger charge is 2.18. The minimum absolute atomic E-state index is 0.168. The number of benzene rings is 1. The van der Waals surface area contributed by atoms with Crippen LogP contribution in [0.3, 0.4) is 0 Å². The fourth-order valence-electron chi connectivity index (χ4n) is 2.05. The van der Waals surface area contributed by atoms with Crippen LogP contribution in [0.15, 0.2) is 53.7 Å². The molecule has 2 aromatic rings. The number of ether oxygens (including phenoxy) is 1. The Bertz CT molecular complexity index is 798. The Hall–Kier alpha value is -2.18. The van der Waals surface area contributed by atoms with Crippen molar-refractivity contribution in [2.75, 3.05) is 7.11 Å². The average molecular weight is 347 g/mol. The zero-order valence-corrected chi connectivity index (χ0v) is 14.8. The van der Waals surface area contributed by atoms with Crippen LogP contribution in [-0.2, 0) is 14.3 Å². The van der Waals surface area contributed by atoms with Crippen molar-refractivity contribution < 1.29 is 17.3 Å². The summed E-state index contributed by atoms with van der Waals surface area (Å²) >= 11 is 0. The topological polar surface area (TPSA) is 65.5 Å². The third-order valence-corrected chi connectivity index (χ3v) is 4.78. The van der Waals surface area contributed by atoms with Crippen molar-refractivity contribution in [3.63, 3.8) is 0 Å². The van der Waals surface area contributed by atoms with E-state index >= 15 is 0 Å². The Morgan fingerprint density at radius 1 is 1.21 bits per heavy atom. The number of nitrogens with zero attached hydrogens (tertiary/aromatic N) is 1. The summed E-state index contributed by atoms with van der Waals surface area (Å²) in [7, 11) is -2.17. The van der Waals surface area contributed by atoms with Crippen LogP contribution in [-0.4, -0.2) is 26.6 Å². The third kappa shape index (κ3) is 5.18. The molecule has 0 aliphatic rings. The van der Waals surface area contributed by atoms with E-state index in [1.54, 1.807) is 50.7 Å². The van der Waals surface area contributed by atoms with Gasteiger partial charge in [0.1, 0.15) is 5.75 Å². The Morgan fingerprint density at radius 2 is 1.92 bits per heavy atom. The summed E-state index contributed by atoms with van der Waals surface area (Å²) < 4.78 is 34.7. The first kappa shape index (κ1) is 18.2. The minimum Gasteiger partial charge on any atom is -0.495 e. The van der Waals surface area contributed by atoms with E-state index < -0.39 is 16.2 Å². The molecule has 0 aliphatic carbocycles. The molecule has 2 rings (SSSR count). The van der Waals surface area contributed by atoms with Gasteiger partial charge in [0.05, 0.1) is 24.3 Å². The standard InChI is InChI=1S/C18H21NO4S/c1-14-7-9-18(10-8-14)24(20,21)23-15(2)5-4-6-16-11-17(22-3)13-19-12-16/h4,6-13,15H,5H2,1-3H3/b6-4+. The summed E-state index contributed by atoms with van der Waals surface area (Å²) in [5.41, 5.74) is 1.87. The molecule has 0 spiro atoms. The Balaban J connectivity index is 1.96. The molecule has 0 radical (unpaired) electrons. The van der Waals surface area contributed by atoms with Crippen LogP contribution in [0.1, 0.15) is 24.5 Å². The van der Waals surface area contributed by atoms with Crippen molar-refractivity contribution in [2.45, 2.75) is 31.3 Å². The predicted molar refractivity (Wildman–Crippen MR) is 93.4 cm³/mol. The summed E-state index contributed by atoms with van der Waals surface area (Å²) in [5.74, 6) is 0.670. The summed E-state index contributed by atoms with van der Waals surface area (Å²) in [4.78, 5) is 4.22. The van der Waals surface area contributed by atoms with Crippen molar-refractivity contribution in [3.8, 4) is 5.75 Å². The van der Waals surface area contributed by atoms with E-state index in [0.29, 0.717) is 12.2 Å². The fourth-order valence-corrected chi connectivity index (χ4v) is 3.14. The van der Waals surface area contributed by atoms with E-state index in [4.69, 9.17) is 8.92 Å². The molecule has 5 nitrogen and oxygen atoms in total. The van der Waals surface area contributed by atoms with Crippen molar-refractivity contribution in [1.82, 2.24) is 4.98 Å². The molecular weight excluding hydrogens is 326 g/mol. The first-order chi connectivity index (χ1) is 11.4. The molecule has 0 bridgehead atoms. The van der Waals surface area contributed by atoms with Crippen molar-refractivity contribution in [2.24, 2.45) is 0 Å². The predicted octanol–water partition coefficient (Wildman–Crippen LogP) is 3.60. The molecule has 0 aliphatic heterocycles. The number of hydrogen-bond acceptors (Lipinski definition) is 5. The van der Waals surface area contributed by atoms with Gasteiger partial charge in [0.2, 0.25) is 0 Å². The van der Waals surface area contributed by atoms with Gasteiger partial charge in [0.15, 0.2) is 0 Å². The lowest BCUT2D eigenvalue weighted by atomic mass is 10.2. The van der Waals surface area contributed by atoms with Gasteiger partial charge in [-0.3, -0.25) is 9.17 Å². The van der Waals surface area contributed by atoms with Gasteiger partial charge in [-0.05, 0) is 44.0 Å². The molecule has 0 saturated carbocycles. The van der Waals surface area contributed by atoms with Crippen LogP contribution >= 0.6 is 0 Å². The molecule has 1 heterocycles. The Kier molecular flexibility index (Phi) is 6.11. The number of methoxy groups -OCH3 is 1. The quantitative estimate of drug-likeness (QED) is 0.716. The lowest BCUT2D eigenvalue weighted by molar-refractivity contribution is 0.232. The Labute approximate surface area is 143 Å². The van der Waals surface area contributed by atoms with Gasteiger partial charge in [-0.15, -0.1) is 0 Å². The molecule has 0 amide bonds. The third-order valence-electron chi connectivity index (χ3n) is 3.35.